The highest BCUT2D eigenvalue weighted by Crippen LogP contribution is 2.27. The first-order chi connectivity index (χ1) is 9.70. The highest BCUT2D eigenvalue weighted by Gasteiger charge is 2.21. The Hall–Kier alpha value is -2.13. The second-order valence-electron chi connectivity index (χ2n) is 4.36. The van der Waals surface area contributed by atoms with Gasteiger partial charge in [-0.1, -0.05) is 0 Å². The van der Waals surface area contributed by atoms with Crippen LogP contribution in [0.15, 0.2) is 33.4 Å². The summed E-state index contributed by atoms with van der Waals surface area (Å²) in [6.07, 6.45) is 1.35. The number of rotatable bonds is 4. The molecule has 9 heteroatoms. The zero-order chi connectivity index (χ0) is 15.8. The summed E-state index contributed by atoms with van der Waals surface area (Å²) in [6.45, 7) is 1.53. The number of hydrogen-bond acceptors (Lipinski definition) is 5. The molecule has 0 radical (unpaired) electrons. The van der Waals surface area contributed by atoms with Crippen LogP contribution in [0.4, 0.5) is 5.69 Å². The molecule has 0 spiro atoms. The summed E-state index contributed by atoms with van der Waals surface area (Å²) < 4.78 is 27.9. The van der Waals surface area contributed by atoms with Crippen molar-refractivity contribution in [3.63, 3.8) is 0 Å². The van der Waals surface area contributed by atoms with Gasteiger partial charge in [0, 0.05) is 19.3 Å². The van der Waals surface area contributed by atoms with Crippen LogP contribution in [-0.2, 0) is 17.1 Å². The van der Waals surface area contributed by atoms with Crippen LogP contribution in [-0.4, -0.2) is 24.1 Å². The monoisotopic (exact) mass is 328 g/mol. The van der Waals surface area contributed by atoms with E-state index in [2.05, 4.69) is 4.72 Å². The van der Waals surface area contributed by atoms with Gasteiger partial charge in [0.2, 0.25) is 5.56 Å². The Morgan fingerprint density at radius 2 is 2.05 bits per heavy atom. The number of aromatic nitrogens is 1. The van der Waals surface area contributed by atoms with E-state index in [4.69, 9.17) is 5.11 Å². The lowest BCUT2D eigenvalue weighted by Crippen LogP contribution is -2.17. The highest BCUT2D eigenvalue weighted by atomic mass is 32.2. The molecular weight excluding hydrogens is 316 g/mol. The van der Waals surface area contributed by atoms with Crippen LogP contribution in [0.25, 0.3) is 0 Å². The Balaban J connectivity index is 2.38. The highest BCUT2D eigenvalue weighted by molar-refractivity contribution is 7.94. The number of hydrogen-bond donors (Lipinski definition) is 2. The number of nitrogens with zero attached hydrogens (tertiary/aromatic N) is 1. The molecule has 0 saturated carbocycles. The standard InChI is InChI=1S/C12H12N2O5S2/c1-7-5-10(20-11(7)12(16)17)21(18,19)13-8-3-4-9(15)14(2)6-8/h3-6,13H,1-2H3,(H,16,17). The normalized spacial score (nSPS) is 11.3. The average molecular weight is 328 g/mol. The predicted molar refractivity (Wildman–Crippen MR) is 78.5 cm³/mol. The zero-order valence-corrected chi connectivity index (χ0v) is 12.8. The lowest BCUT2D eigenvalue weighted by Gasteiger charge is -2.07. The second kappa shape index (κ2) is 5.34. The van der Waals surface area contributed by atoms with Gasteiger partial charge in [0.15, 0.2) is 0 Å². The van der Waals surface area contributed by atoms with Crippen LogP contribution in [0.2, 0.25) is 0 Å². The van der Waals surface area contributed by atoms with Crippen LogP contribution < -0.4 is 10.3 Å². The molecule has 0 amide bonds. The fourth-order valence-electron chi connectivity index (χ4n) is 1.66. The van der Waals surface area contributed by atoms with Gasteiger partial charge >= 0.3 is 5.97 Å². The van der Waals surface area contributed by atoms with Crippen molar-refractivity contribution < 1.29 is 18.3 Å². The Morgan fingerprint density at radius 3 is 2.57 bits per heavy atom. The molecule has 0 aliphatic rings. The van der Waals surface area contributed by atoms with Crippen molar-refractivity contribution in [2.24, 2.45) is 7.05 Å². The Bertz CT molecular complexity index is 864. The van der Waals surface area contributed by atoms with E-state index in [0.29, 0.717) is 16.9 Å². The van der Waals surface area contributed by atoms with Gasteiger partial charge in [-0.3, -0.25) is 9.52 Å². The maximum Gasteiger partial charge on any atom is 0.346 e. The summed E-state index contributed by atoms with van der Waals surface area (Å²) in [5, 5.41) is 8.96. The molecule has 112 valence electrons. The molecule has 2 heterocycles. The van der Waals surface area contributed by atoms with E-state index < -0.39 is 16.0 Å². The molecule has 21 heavy (non-hydrogen) atoms. The minimum absolute atomic E-state index is 0.0177. The maximum absolute atomic E-state index is 12.2. The van der Waals surface area contributed by atoms with Gasteiger partial charge in [-0.05, 0) is 24.6 Å². The summed E-state index contributed by atoms with van der Waals surface area (Å²) in [7, 11) is -2.39. The van der Waals surface area contributed by atoms with Crippen LogP contribution in [0.5, 0.6) is 0 Å². The third kappa shape index (κ3) is 3.14. The SMILES string of the molecule is Cc1cc(S(=O)(=O)Nc2ccc(=O)n(C)c2)sc1C(=O)O. The van der Waals surface area contributed by atoms with Crippen molar-refractivity contribution in [1.82, 2.24) is 4.57 Å². The third-order valence-corrected chi connectivity index (χ3v) is 5.77. The fourth-order valence-corrected chi connectivity index (χ4v) is 4.08. The molecule has 2 aromatic heterocycles. The number of anilines is 1. The topological polar surface area (TPSA) is 105 Å². The van der Waals surface area contributed by atoms with E-state index in [1.165, 1.54) is 42.9 Å². The number of nitrogens with one attached hydrogen (secondary N) is 1. The number of carboxylic acids is 1. The first-order valence-corrected chi connectivity index (χ1v) is 8.04. The number of sulfonamides is 1. The molecule has 0 saturated heterocycles. The minimum atomic E-state index is -3.89. The van der Waals surface area contributed by atoms with Gasteiger partial charge < -0.3 is 9.67 Å². The average Bonchev–Trinajstić information content (AvgIpc) is 2.77. The molecule has 0 aromatic carbocycles. The van der Waals surface area contributed by atoms with E-state index in [-0.39, 0.29) is 20.3 Å². The molecule has 0 fully saturated rings. The van der Waals surface area contributed by atoms with Crippen molar-refractivity contribution in [2.75, 3.05) is 4.72 Å². The quantitative estimate of drug-likeness (QED) is 0.879. The Morgan fingerprint density at radius 1 is 1.38 bits per heavy atom. The smallest absolute Gasteiger partial charge is 0.346 e. The van der Waals surface area contributed by atoms with E-state index >= 15 is 0 Å². The van der Waals surface area contributed by atoms with E-state index in [9.17, 15) is 18.0 Å². The van der Waals surface area contributed by atoms with Gasteiger partial charge in [-0.15, -0.1) is 11.3 Å². The van der Waals surface area contributed by atoms with Crippen LogP contribution in [0.1, 0.15) is 15.2 Å². The molecule has 0 bridgehead atoms. The van der Waals surface area contributed by atoms with Crippen molar-refractivity contribution in [3.05, 3.63) is 45.2 Å². The van der Waals surface area contributed by atoms with Crippen molar-refractivity contribution in [1.29, 1.82) is 0 Å². The fraction of sp³-hybridized carbons (Fsp3) is 0.167. The number of carbonyl (C=O) groups is 1. The van der Waals surface area contributed by atoms with Crippen molar-refractivity contribution >= 4 is 33.0 Å². The molecule has 2 rings (SSSR count). The number of pyridine rings is 1. The summed E-state index contributed by atoms with van der Waals surface area (Å²) in [4.78, 5) is 22.2. The van der Waals surface area contributed by atoms with Crippen LogP contribution >= 0.6 is 11.3 Å². The lowest BCUT2D eigenvalue weighted by atomic mass is 10.3. The number of aromatic carboxylic acids is 1. The van der Waals surface area contributed by atoms with Gasteiger partial charge in [0.1, 0.15) is 9.09 Å². The van der Waals surface area contributed by atoms with Crippen molar-refractivity contribution in [3.8, 4) is 0 Å². The van der Waals surface area contributed by atoms with Gasteiger partial charge in [-0.2, -0.15) is 0 Å². The third-order valence-electron chi connectivity index (χ3n) is 2.69. The number of carboxylic acid groups (broad SMARTS) is 1. The van der Waals surface area contributed by atoms with Crippen LogP contribution in [0, 0.1) is 6.92 Å². The zero-order valence-electron chi connectivity index (χ0n) is 11.2. The van der Waals surface area contributed by atoms with E-state index in [1.54, 1.807) is 0 Å². The summed E-state index contributed by atoms with van der Waals surface area (Å²) in [5.41, 5.74) is 0.339. The van der Waals surface area contributed by atoms with E-state index in [1.807, 2.05) is 0 Å². The number of aryl methyl sites for hydroxylation is 2. The molecule has 7 nitrogen and oxygen atoms in total. The first-order valence-electron chi connectivity index (χ1n) is 5.74. The maximum atomic E-state index is 12.2. The second-order valence-corrected chi connectivity index (χ2v) is 7.32. The van der Waals surface area contributed by atoms with Gasteiger partial charge in [-0.25, -0.2) is 13.2 Å². The molecule has 2 N–H and O–H groups in total. The van der Waals surface area contributed by atoms with Crippen molar-refractivity contribution in [2.45, 2.75) is 11.1 Å². The van der Waals surface area contributed by atoms with Crippen LogP contribution in [0.3, 0.4) is 0 Å². The first kappa shape index (κ1) is 15.3. The molecule has 0 unspecified atom stereocenters. The lowest BCUT2D eigenvalue weighted by molar-refractivity contribution is 0.0701. The summed E-state index contributed by atoms with van der Waals surface area (Å²) >= 11 is 0.683. The molecule has 0 aliphatic heterocycles. The van der Waals surface area contributed by atoms with Gasteiger partial charge in [0.25, 0.3) is 10.0 Å². The predicted octanol–water partition coefficient (Wildman–Crippen LogP) is 1.25. The minimum Gasteiger partial charge on any atom is -0.477 e. The Kier molecular flexibility index (Phi) is 3.88. The van der Waals surface area contributed by atoms with Gasteiger partial charge in [0.05, 0.1) is 5.69 Å². The molecule has 2 aromatic rings. The number of thiophene rings is 1. The Labute approximate surface area is 124 Å². The molecular formula is C12H12N2O5S2. The summed E-state index contributed by atoms with van der Waals surface area (Å²) in [5.74, 6) is -1.17. The molecule has 0 aliphatic carbocycles. The largest absolute Gasteiger partial charge is 0.477 e. The van der Waals surface area contributed by atoms with E-state index in [0.717, 1.165) is 0 Å². The summed E-state index contributed by atoms with van der Waals surface area (Å²) in [6, 6.07) is 3.89. The molecule has 0 atom stereocenters.